The molecule has 9 nitrogen and oxygen atoms in total. The molecule has 1 aromatic heterocycles. The fourth-order valence-electron chi connectivity index (χ4n) is 5.87. The summed E-state index contributed by atoms with van der Waals surface area (Å²) in [7, 11) is 0. The van der Waals surface area contributed by atoms with Crippen molar-refractivity contribution in [2.45, 2.75) is 62.7 Å². The van der Waals surface area contributed by atoms with E-state index in [4.69, 9.17) is 4.99 Å². The van der Waals surface area contributed by atoms with Gasteiger partial charge < -0.3 is 15.5 Å². The van der Waals surface area contributed by atoms with Gasteiger partial charge in [-0.2, -0.15) is 0 Å². The predicted molar refractivity (Wildman–Crippen MR) is 102 cm³/mol. The van der Waals surface area contributed by atoms with Gasteiger partial charge in [0.15, 0.2) is 12.1 Å². The van der Waals surface area contributed by atoms with Gasteiger partial charge in [-0.15, -0.1) is 0 Å². The van der Waals surface area contributed by atoms with Crippen LogP contribution in [0.2, 0.25) is 0 Å². The van der Waals surface area contributed by atoms with Gasteiger partial charge in [-0.3, -0.25) is 15.5 Å². The fourth-order valence-corrected chi connectivity index (χ4v) is 5.87. The third-order valence-corrected chi connectivity index (χ3v) is 6.97. The van der Waals surface area contributed by atoms with Gasteiger partial charge in [0.05, 0.1) is 17.9 Å². The molecule has 27 heavy (non-hydrogen) atoms. The topological polar surface area (TPSA) is 83.1 Å². The van der Waals surface area contributed by atoms with Crippen LogP contribution in [0.3, 0.4) is 0 Å². The zero-order chi connectivity index (χ0) is 17.5. The zero-order valence-corrected chi connectivity index (χ0v) is 15.2. The lowest BCUT2D eigenvalue weighted by molar-refractivity contribution is 0.0119. The lowest BCUT2D eigenvalue weighted by Gasteiger charge is -2.51. The van der Waals surface area contributed by atoms with Crippen molar-refractivity contribution in [1.29, 1.82) is 0 Å². The van der Waals surface area contributed by atoms with E-state index in [1.165, 1.54) is 25.7 Å². The summed E-state index contributed by atoms with van der Waals surface area (Å²) >= 11 is 0. The maximum Gasteiger partial charge on any atom is 0.208 e. The Morgan fingerprint density at radius 2 is 1.93 bits per heavy atom. The van der Waals surface area contributed by atoms with Crippen LogP contribution in [0.1, 0.15) is 25.7 Å². The molecule has 9 heteroatoms. The summed E-state index contributed by atoms with van der Waals surface area (Å²) in [6, 6.07) is 5.06. The maximum atomic E-state index is 5.15. The van der Waals surface area contributed by atoms with Crippen molar-refractivity contribution < 1.29 is 0 Å². The molecule has 7 rings (SSSR count). The molecule has 6 unspecified atom stereocenters. The number of hydrogen-bond donors (Lipinski definition) is 4. The molecule has 0 radical (unpaired) electrons. The van der Waals surface area contributed by atoms with Gasteiger partial charge in [-0.05, 0) is 50.9 Å². The Hall–Kier alpha value is -1.94. The number of aromatic nitrogens is 1. The minimum atomic E-state index is 0.0671. The van der Waals surface area contributed by atoms with Crippen LogP contribution in [0.25, 0.3) is 0 Å². The van der Waals surface area contributed by atoms with Crippen molar-refractivity contribution in [1.82, 2.24) is 30.7 Å². The van der Waals surface area contributed by atoms with Crippen LogP contribution in [-0.4, -0.2) is 70.8 Å². The number of anilines is 2. The van der Waals surface area contributed by atoms with Crippen LogP contribution in [0.15, 0.2) is 23.3 Å². The van der Waals surface area contributed by atoms with Crippen LogP contribution in [0, 0.1) is 0 Å². The van der Waals surface area contributed by atoms with E-state index in [2.05, 4.69) is 47.0 Å². The Kier molecular flexibility index (Phi) is 2.96. The Balaban J connectivity index is 1.38. The van der Waals surface area contributed by atoms with Gasteiger partial charge in [0, 0.05) is 12.2 Å². The van der Waals surface area contributed by atoms with E-state index < -0.39 is 0 Å². The monoisotopic (exact) mass is 367 g/mol. The van der Waals surface area contributed by atoms with Crippen LogP contribution in [0.5, 0.6) is 0 Å². The Morgan fingerprint density at radius 1 is 1.04 bits per heavy atom. The van der Waals surface area contributed by atoms with Crippen molar-refractivity contribution in [3.63, 3.8) is 0 Å². The molecule has 0 spiro atoms. The predicted octanol–water partition coefficient (Wildman–Crippen LogP) is -0.373. The van der Waals surface area contributed by atoms with Gasteiger partial charge in [0.2, 0.25) is 5.96 Å². The first-order chi connectivity index (χ1) is 13.4. The molecule has 0 amide bonds. The minimum Gasteiger partial charge on any atom is -0.335 e. The molecule has 0 aromatic carbocycles. The van der Waals surface area contributed by atoms with Gasteiger partial charge in [0.25, 0.3) is 0 Å². The molecule has 4 saturated heterocycles. The zero-order valence-electron chi connectivity index (χ0n) is 15.2. The number of nitrogens with one attached hydrogen (secondary N) is 4. The van der Waals surface area contributed by atoms with Crippen LogP contribution >= 0.6 is 0 Å². The van der Waals surface area contributed by atoms with E-state index in [-0.39, 0.29) is 18.7 Å². The number of pyridine rings is 1. The summed E-state index contributed by atoms with van der Waals surface area (Å²) in [5, 5.41) is 14.9. The number of piperidine rings is 2. The molecular weight excluding hydrogens is 342 g/mol. The second kappa shape index (κ2) is 5.32. The van der Waals surface area contributed by atoms with E-state index in [9.17, 15) is 0 Å². The quantitative estimate of drug-likeness (QED) is 0.494. The van der Waals surface area contributed by atoms with Gasteiger partial charge in [0.1, 0.15) is 12.5 Å². The molecule has 6 aliphatic rings. The summed E-state index contributed by atoms with van der Waals surface area (Å²) in [5.41, 5.74) is 1.13. The average Bonchev–Trinajstić information content (AvgIpc) is 3.38. The van der Waals surface area contributed by atoms with Crippen molar-refractivity contribution >= 4 is 17.5 Å². The van der Waals surface area contributed by atoms with Crippen molar-refractivity contribution in [2.75, 3.05) is 23.3 Å². The summed E-state index contributed by atoms with van der Waals surface area (Å²) in [6.45, 7) is 2.15. The minimum absolute atomic E-state index is 0.0671. The number of hydrogen-bond acceptors (Lipinski definition) is 9. The van der Waals surface area contributed by atoms with Gasteiger partial charge in [-0.25, -0.2) is 14.9 Å². The van der Waals surface area contributed by atoms with Crippen molar-refractivity contribution in [3.8, 4) is 0 Å². The molecule has 1 aromatic rings. The molecule has 4 fully saturated rings. The SMILES string of the molecule is c1cnc2c(c1)N1C3=NC4NCCCC4N3C3NC4NCCCC4N3C1N2. The Bertz CT molecular complexity index is 812. The van der Waals surface area contributed by atoms with Gasteiger partial charge in [-0.1, -0.05) is 0 Å². The maximum absolute atomic E-state index is 5.15. The normalized spacial score (nSPS) is 41.7. The standard InChI is InChI=1S/C18H25N9/c1-4-10-13(19-7-1)22-16-25(10)17-23-14-11(5-2-8-20-14)27(17)18-24-15-12(26(16)18)6-3-9-21-15/h1,4,7,11-12,14-16,18,20-21,24H,2-3,5-6,8-9H2,(H,19,22). The van der Waals surface area contributed by atoms with Crippen LogP contribution in [-0.2, 0) is 0 Å². The molecule has 4 N–H and O–H groups in total. The van der Waals surface area contributed by atoms with E-state index in [1.54, 1.807) is 0 Å². The van der Waals surface area contributed by atoms with E-state index >= 15 is 0 Å². The number of nitrogens with zero attached hydrogens (tertiary/aromatic N) is 5. The molecule has 142 valence electrons. The fraction of sp³-hybridized carbons (Fsp3) is 0.667. The summed E-state index contributed by atoms with van der Waals surface area (Å²) < 4.78 is 0. The van der Waals surface area contributed by atoms with Crippen LogP contribution in [0.4, 0.5) is 11.5 Å². The highest BCUT2D eigenvalue weighted by molar-refractivity contribution is 6.03. The average molecular weight is 367 g/mol. The second-order valence-corrected chi connectivity index (χ2v) is 8.33. The van der Waals surface area contributed by atoms with E-state index in [0.717, 1.165) is 30.6 Å². The third-order valence-electron chi connectivity index (χ3n) is 6.97. The third kappa shape index (κ3) is 1.87. The molecular formula is C18H25N9. The van der Waals surface area contributed by atoms with E-state index in [0.29, 0.717) is 18.2 Å². The summed E-state index contributed by atoms with van der Waals surface area (Å²) in [6.07, 6.45) is 7.45. The Morgan fingerprint density at radius 3 is 2.89 bits per heavy atom. The number of guanidine groups is 1. The molecule has 0 bridgehead atoms. The molecule has 7 heterocycles. The highest BCUT2D eigenvalue weighted by Crippen LogP contribution is 2.45. The first-order valence-corrected chi connectivity index (χ1v) is 10.3. The van der Waals surface area contributed by atoms with Gasteiger partial charge >= 0.3 is 0 Å². The number of aliphatic imine (C=N–C) groups is 1. The van der Waals surface area contributed by atoms with E-state index in [1.807, 2.05) is 12.3 Å². The molecule has 6 aliphatic heterocycles. The van der Waals surface area contributed by atoms with Crippen molar-refractivity contribution in [3.05, 3.63) is 18.3 Å². The first kappa shape index (κ1) is 15.0. The van der Waals surface area contributed by atoms with Crippen molar-refractivity contribution in [2.24, 2.45) is 4.99 Å². The lowest BCUT2D eigenvalue weighted by atomic mass is 10.0. The first-order valence-electron chi connectivity index (χ1n) is 10.3. The Labute approximate surface area is 158 Å². The summed E-state index contributed by atoms with van der Waals surface area (Å²) in [5.74, 6) is 2.04. The largest absolute Gasteiger partial charge is 0.335 e. The van der Waals surface area contributed by atoms with Crippen LogP contribution < -0.4 is 26.2 Å². The highest BCUT2D eigenvalue weighted by Gasteiger charge is 2.60. The summed E-state index contributed by atoms with van der Waals surface area (Å²) in [4.78, 5) is 17.3. The molecule has 6 atom stereocenters. The number of fused-ring (bicyclic) bond motifs is 12. The molecule has 0 aliphatic carbocycles. The smallest absolute Gasteiger partial charge is 0.208 e. The second-order valence-electron chi connectivity index (χ2n) is 8.33. The number of rotatable bonds is 0. The highest BCUT2D eigenvalue weighted by atomic mass is 15.7. The molecule has 0 saturated carbocycles. The lowest BCUT2D eigenvalue weighted by Crippen LogP contribution is -2.72.